The van der Waals surface area contributed by atoms with Gasteiger partial charge in [0.2, 0.25) is 5.91 Å². The van der Waals surface area contributed by atoms with Crippen molar-refractivity contribution in [1.29, 1.82) is 5.26 Å². The average Bonchev–Trinajstić information content (AvgIpc) is 2.91. The third kappa shape index (κ3) is 4.37. The Balaban J connectivity index is 1.48. The van der Waals surface area contributed by atoms with Crippen molar-refractivity contribution in [1.82, 2.24) is 4.90 Å². The van der Waals surface area contributed by atoms with Crippen LogP contribution in [0, 0.1) is 11.3 Å². The van der Waals surface area contributed by atoms with Crippen LogP contribution in [0.4, 0.5) is 5.69 Å². The fourth-order valence-corrected chi connectivity index (χ4v) is 6.21. The molecule has 0 bridgehead atoms. The number of nitriles is 1. The van der Waals surface area contributed by atoms with Gasteiger partial charge in [-0.3, -0.25) is 9.69 Å². The molecule has 2 heterocycles. The highest BCUT2D eigenvalue weighted by Crippen LogP contribution is 2.47. The zero-order chi connectivity index (χ0) is 24.4. The number of ether oxygens (including phenoxy) is 1. The van der Waals surface area contributed by atoms with E-state index in [4.69, 9.17) is 4.74 Å². The minimum Gasteiger partial charge on any atom is -0.496 e. The molecule has 1 atom stereocenters. The van der Waals surface area contributed by atoms with Gasteiger partial charge in [-0.05, 0) is 47.4 Å². The molecule has 2 aliphatic rings. The lowest BCUT2D eigenvalue weighted by molar-refractivity contribution is -0.129. The molecule has 1 fully saturated rings. The number of fused-ring (bicyclic) bond motifs is 2. The van der Waals surface area contributed by atoms with E-state index < -0.39 is 0 Å². The molecule has 178 valence electrons. The summed E-state index contributed by atoms with van der Waals surface area (Å²) in [6, 6.07) is 23.2. The highest BCUT2D eigenvalue weighted by molar-refractivity contribution is 8.03. The SMILES string of the molecule is CCCCc1ccc(N2CSC3=C(C#N)C(c4c(OC)ccc5ccccc45)CC(=O)N3C2)cc1. The number of hydrogen-bond donors (Lipinski definition) is 0. The number of carbonyl (C=O) groups is 1. The van der Waals surface area contributed by atoms with Gasteiger partial charge < -0.3 is 9.64 Å². The molecule has 0 N–H and O–H groups in total. The number of benzene rings is 3. The van der Waals surface area contributed by atoms with E-state index in [1.165, 1.54) is 18.4 Å². The number of aryl methyl sites for hydroxylation is 1. The van der Waals surface area contributed by atoms with Gasteiger partial charge >= 0.3 is 0 Å². The number of allylic oxidation sites excluding steroid dienone is 1. The van der Waals surface area contributed by atoms with Crippen LogP contribution < -0.4 is 9.64 Å². The van der Waals surface area contributed by atoms with Gasteiger partial charge in [0, 0.05) is 23.6 Å². The molecule has 1 saturated heterocycles. The Hall–Kier alpha value is -3.43. The van der Waals surface area contributed by atoms with Crippen LogP contribution in [0.3, 0.4) is 0 Å². The van der Waals surface area contributed by atoms with E-state index in [0.717, 1.165) is 33.5 Å². The lowest BCUT2D eigenvalue weighted by Crippen LogP contribution is -2.47. The molecule has 2 aliphatic heterocycles. The molecule has 5 rings (SSSR count). The van der Waals surface area contributed by atoms with Gasteiger partial charge in [0.05, 0.1) is 36.3 Å². The third-order valence-electron chi connectivity index (χ3n) is 6.91. The highest BCUT2D eigenvalue weighted by Gasteiger charge is 2.39. The normalized spacial score (nSPS) is 18.0. The van der Waals surface area contributed by atoms with Crippen LogP contribution in [0.5, 0.6) is 5.75 Å². The van der Waals surface area contributed by atoms with Crippen molar-refractivity contribution in [2.45, 2.75) is 38.5 Å². The van der Waals surface area contributed by atoms with Gasteiger partial charge in [-0.1, -0.05) is 67.6 Å². The van der Waals surface area contributed by atoms with Crippen LogP contribution in [0.1, 0.15) is 43.2 Å². The third-order valence-corrected chi connectivity index (χ3v) is 8.07. The first-order valence-electron chi connectivity index (χ1n) is 12.1. The fraction of sp³-hybridized carbons (Fsp3) is 0.310. The Morgan fingerprint density at radius 1 is 1.11 bits per heavy atom. The number of anilines is 1. The Morgan fingerprint density at radius 2 is 1.91 bits per heavy atom. The number of rotatable bonds is 6. The van der Waals surface area contributed by atoms with E-state index in [1.54, 1.807) is 23.8 Å². The molecule has 0 aliphatic carbocycles. The summed E-state index contributed by atoms with van der Waals surface area (Å²) in [7, 11) is 1.64. The number of nitrogens with zero attached hydrogens (tertiary/aromatic N) is 3. The molecular weight excluding hydrogens is 454 g/mol. The Labute approximate surface area is 211 Å². The summed E-state index contributed by atoms with van der Waals surface area (Å²) in [6.45, 7) is 2.66. The topological polar surface area (TPSA) is 56.6 Å². The van der Waals surface area contributed by atoms with E-state index in [-0.39, 0.29) is 18.2 Å². The van der Waals surface area contributed by atoms with Gasteiger partial charge in [0.1, 0.15) is 5.75 Å². The Kier molecular flexibility index (Phi) is 6.70. The Morgan fingerprint density at radius 3 is 2.66 bits per heavy atom. The summed E-state index contributed by atoms with van der Waals surface area (Å²) in [5, 5.41) is 13.1. The number of hydrogen-bond acceptors (Lipinski definition) is 5. The van der Waals surface area contributed by atoms with Gasteiger partial charge in [0.25, 0.3) is 0 Å². The first kappa shape index (κ1) is 23.3. The number of unbranched alkanes of at least 4 members (excludes halogenated alkanes) is 1. The maximum atomic E-state index is 13.5. The molecule has 5 nitrogen and oxygen atoms in total. The zero-order valence-corrected chi connectivity index (χ0v) is 21.0. The van der Waals surface area contributed by atoms with E-state index >= 15 is 0 Å². The summed E-state index contributed by atoms with van der Waals surface area (Å²) in [6.07, 6.45) is 3.72. The van der Waals surface area contributed by atoms with Gasteiger partial charge in [0.15, 0.2) is 0 Å². The summed E-state index contributed by atoms with van der Waals surface area (Å²) in [4.78, 5) is 17.4. The molecule has 0 saturated carbocycles. The van der Waals surface area contributed by atoms with Crippen LogP contribution in [-0.4, -0.2) is 30.5 Å². The lowest BCUT2D eigenvalue weighted by Gasteiger charge is -2.42. The zero-order valence-electron chi connectivity index (χ0n) is 20.2. The number of amides is 1. The molecule has 3 aromatic rings. The van der Waals surface area contributed by atoms with Crippen LogP contribution in [0.2, 0.25) is 0 Å². The Bertz CT molecular complexity index is 1330. The van der Waals surface area contributed by atoms with Crippen molar-refractivity contribution >= 4 is 34.1 Å². The highest BCUT2D eigenvalue weighted by atomic mass is 32.2. The smallest absolute Gasteiger partial charge is 0.229 e. The van der Waals surface area contributed by atoms with Crippen LogP contribution in [0.25, 0.3) is 10.8 Å². The number of methoxy groups -OCH3 is 1. The second-order valence-electron chi connectivity index (χ2n) is 9.04. The second kappa shape index (κ2) is 10.1. The van der Waals surface area contributed by atoms with Crippen molar-refractivity contribution in [3.05, 3.63) is 82.4 Å². The molecule has 3 aromatic carbocycles. The molecule has 1 amide bonds. The fourth-order valence-electron chi connectivity index (χ4n) is 5.04. The predicted octanol–water partition coefficient (Wildman–Crippen LogP) is 6.41. The second-order valence-corrected chi connectivity index (χ2v) is 9.97. The molecule has 6 heteroatoms. The molecular formula is C29H29N3O2S. The molecule has 0 radical (unpaired) electrons. The van der Waals surface area contributed by atoms with E-state index in [2.05, 4.69) is 48.2 Å². The molecule has 35 heavy (non-hydrogen) atoms. The van der Waals surface area contributed by atoms with E-state index in [0.29, 0.717) is 23.9 Å². The first-order chi connectivity index (χ1) is 17.1. The van der Waals surface area contributed by atoms with Crippen molar-refractivity contribution in [2.75, 3.05) is 24.6 Å². The maximum Gasteiger partial charge on any atom is 0.229 e. The monoisotopic (exact) mass is 483 g/mol. The largest absolute Gasteiger partial charge is 0.496 e. The average molecular weight is 484 g/mol. The van der Waals surface area contributed by atoms with Gasteiger partial charge in [-0.15, -0.1) is 0 Å². The summed E-state index contributed by atoms with van der Waals surface area (Å²) < 4.78 is 5.71. The minimum atomic E-state index is -0.323. The maximum absolute atomic E-state index is 13.5. The predicted molar refractivity (Wildman–Crippen MR) is 142 cm³/mol. The van der Waals surface area contributed by atoms with Crippen molar-refractivity contribution in [3.63, 3.8) is 0 Å². The molecule has 0 spiro atoms. The van der Waals surface area contributed by atoms with Crippen LogP contribution in [-0.2, 0) is 11.2 Å². The molecule has 0 aromatic heterocycles. The van der Waals surface area contributed by atoms with E-state index in [1.807, 2.05) is 30.3 Å². The number of thioether (sulfide) groups is 1. The molecule has 1 unspecified atom stereocenters. The van der Waals surface area contributed by atoms with Crippen LogP contribution in [0.15, 0.2) is 71.3 Å². The van der Waals surface area contributed by atoms with Crippen LogP contribution >= 0.6 is 11.8 Å². The standard InChI is InChI=1S/C29H29N3O2S/c1-3-4-7-20-10-13-22(14-11-20)31-18-32-27(33)16-24(25(17-30)29(32)35-19-31)28-23-9-6-5-8-21(23)12-15-26(28)34-2/h5-6,8-15,24H,3-4,7,16,18-19H2,1-2H3. The van der Waals surface area contributed by atoms with Crippen molar-refractivity contribution in [2.24, 2.45) is 0 Å². The summed E-state index contributed by atoms with van der Waals surface area (Å²) in [5.41, 5.74) is 4.02. The van der Waals surface area contributed by atoms with E-state index in [9.17, 15) is 10.1 Å². The van der Waals surface area contributed by atoms with Gasteiger partial charge in [-0.2, -0.15) is 5.26 Å². The quantitative estimate of drug-likeness (QED) is 0.405. The lowest BCUT2D eigenvalue weighted by atomic mass is 9.83. The van der Waals surface area contributed by atoms with Crippen molar-refractivity contribution < 1.29 is 9.53 Å². The summed E-state index contributed by atoms with van der Waals surface area (Å²) >= 11 is 1.57. The van der Waals surface area contributed by atoms with Crippen molar-refractivity contribution in [3.8, 4) is 11.8 Å². The van der Waals surface area contributed by atoms with Gasteiger partial charge in [-0.25, -0.2) is 0 Å². The number of carbonyl (C=O) groups excluding carboxylic acids is 1. The summed E-state index contributed by atoms with van der Waals surface area (Å²) in [5.74, 6) is 1.12. The first-order valence-corrected chi connectivity index (χ1v) is 13.1. The minimum absolute atomic E-state index is 0.0377.